The normalized spacial score (nSPS) is 12.2. The summed E-state index contributed by atoms with van der Waals surface area (Å²) >= 11 is 0. The summed E-state index contributed by atoms with van der Waals surface area (Å²) in [5, 5.41) is 20.6. The zero-order valence-corrected chi connectivity index (χ0v) is 18.9. The molecule has 1 heterocycles. The molecular weight excluding hydrogens is 536 g/mol. The fourth-order valence-corrected chi connectivity index (χ4v) is 4.18. The van der Waals surface area contributed by atoms with Crippen LogP contribution in [0.1, 0.15) is 22.4 Å². The van der Waals surface area contributed by atoms with Gasteiger partial charge in [0.05, 0.1) is 16.1 Å². The van der Waals surface area contributed by atoms with Crippen LogP contribution in [0.25, 0.3) is 11.1 Å². The number of rotatable bonds is 5. The molecule has 0 unspecified atom stereocenters. The molecule has 3 aromatic rings. The quantitative estimate of drug-likeness (QED) is 0.206. The van der Waals surface area contributed by atoms with Crippen molar-refractivity contribution in [2.24, 2.45) is 0 Å². The number of benzene rings is 2. The van der Waals surface area contributed by atoms with Crippen molar-refractivity contribution >= 4 is 15.8 Å². The zero-order chi connectivity index (χ0) is 27.9. The minimum absolute atomic E-state index is 0.0757. The van der Waals surface area contributed by atoms with Crippen LogP contribution in [-0.2, 0) is 22.5 Å². The fourth-order valence-electron chi connectivity index (χ4n) is 3.16. The first-order valence-corrected chi connectivity index (χ1v) is 11.0. The number of hydrogen-bond acceptors (Lipinski definition) is 7. The number of aryl methyl sites for hydroxylation is 1. The first-order valence-electron chi connectivity index (χ1n) is 9.61. The van der Waals surface area contributed by atoms with Crippen molar-refractivity contribution in [1.82, 2.24) is 4.98 Å². The Hall–Kier alpha value is -4.39. The molecule has 16 heteroatoms. The van der Waals surface area contributed by atoms with E-state index in [1.54, 1.807) is 0 Å². The second-order valence-corrected chi connectivity index (χ2v) is 8.94. The van der Waals surface area contributed by atoms with E-state index in [2.05, 4.69) is 4.98 Å². The number of nitro benzene ring substituents is 1. The SMILES string of the molecule is Cc1cc(-c2cc([N+](=O)[O-])ccc2OS(=O)(=O)c2cc(C(F)(F)F)cc(C(F)(F)F)c2)c(C#N)c(=O)[nH]1. The maximum absolute atomic E-state index is 13.2. The van der Waals surface area contributed by atoms with Crippen LogP contribution < -0.4 is 9.74 Å². The van der Waals surface area contributed by atoms with Crippen LogP contribution in [0.2, 0.25) is 0 Å². The molecule has 9 nitrogen and oxygen atoms in total. The third-order valence-corrected chi connectivity index (χ3v) is 6.01. The van der Waals surface area contributed by atoms with Gasteiger partial charge in [-0.25, -0.2) is 0 Å². The van der Waals surface area contributed by atoms with Crippen LogP contribution in [-0.4, -0.2) is 18.3 Å². The van der Waals surface area contributed by atoms with Crippen LogP contribution in [0.4, 0.5) is 32.0 Å². The van der Waals surface area contributed by atoms with Crippen molar-refractivity contribution in [1.29, 1.82) is 5.26 Å². The van der Waals surface area contributed by atoms with E-state index in [1.165, 1.54) is 13.0 Å². The van der Waals surface area contributed by atoms with Gasteiger partial charge in [-0.2, -0.15) is 40.0 Å². The van der Waals surface area contributed by atoms with Crippen molar-refractivity contribution in [3.8, 4) is 22.9 Å². The van der Waals surface area contributed by atoms with E-state index < -0.39 is 71.5 Å². The highest BCUT2D eigenvalue weighted by Gasteiger charge is 2.39. The molecule has 1 aromatic heterocycles. The Bertz CT molecular complexity index is 1590. The third-order valence-electron chi connectivity index (χ3n) is 4.79. The summed E-state index contributed by atoms with van der Waals surface area (Å²) in [6, 6.07) is 4.43. The number of nitro groups is 1. The molecule has 194 valence electrons. The van der Waals surface area contributed by atoms with Crippen molar-refractivity contribution in [3.05, 3.63) is 85.3 Å². The minimum atomic E-state index is -5.42. The number of pyridine rings is 1. The lowest BCUT2D eigenvalue weighted by Crippen LogP contribution is -2.17. The lowest BCUT2D eigenvalue weighted by atomic mass is 9.99. The zero-order valence-electron chi connectivity index (χ0n) is 18.1. The Balaban J connectivity index is 2.27. The van der Waals surface area contributed by atoms with Gasteiger partial charge in [-0.15, -0.1) is 0 Å². The molecule has 0 radical (unpaired) electrons. The summed E-state index contributed by atoms with van der Waals surface area (Å²) in [6.07, 6.45) is -10.7. The summed E-state index contributed by atoms with van der Waals surface area (Å²) in [5.41, 5.74) is -6.79. The Kier molecular flexibility index (Phi) is 6.79. The first kappa shape index (κ1) is 27.2. The van der Waals surface area contributed by atoms with Gasteiger partial charge in [0, 0.05) is 29.0 Å². The summed E-state index contributed by atoms with van der Waals surface area (Å²) in [6.45, 7) is 1.36. The summed E-state index contributed by atoms with van der Waals surface area (Å²) in [7, 11) is -5.42. The fraction of sp³-hybridized carbons (Fsp3) is 0.143. The van der Waals surface area contributed by atoms with Gasteiger partial charge in [0.1, 0.15) is 16.5 Å². The van der Waals surface area contributed by atoms with Crippen molar-refractivity contribution < 1.29 is 43.9 Å². The number of non-ortho nitro benzene ring substituents is 1. The molecule has 37 heavy (non-hydrogen) atoms. The number of aromatic nitrogens is 1. The van der Waals surface area contributed by atoms with Crippen molar-refractivity contribution in [3.63, 3.8) is 0 Å². The number of nitrogens with zero attached hydrogens (tertiary/aromatic N) is 2. The van der Waals surface area contributed by atoms with E-state index in [0.29, 0.717) is 6.07 Å². The molecule has 3 rings (SSSR count). The number of aromatic amines is 1. The molecule has 0 aliphatic carbocycles. The highest BCUT2D eigenvalue weighted by atomic mass is 32.2. The number of alkyl halides is 6. The second kappa shape index (κ2) is 9.24. The second-order valence-electron chi connectivity index (χ2n) is 7.40. The lowest BCUT2D eigenvalue weighted by molar-refractivity contribution is -0.384. The van der Waals surface area contributed by atoms with E-state index in [9.17, 15) is 54.9 Å². The number of H-pyrrole nitrogens is 1. The van der Waals surface area contributed by atoms with Crippen LogP contribution in [0.3, 0.4) is 0 Å². The Labute approximate surface area is 202 Å². The van der Waals surface area contributed by atoms with Gasteiger partial charge in [0.25, 0.3) is 11.2 Å². The standard InChI is InChI=1S/C21H11F6N3O6S/c1-10-4-15(17(9-28)19(31)29-10)16-8-13(30(32)33)2-3-18(16)36-37(34,35)14-6-11(20(22,23)24)5-12(7-14)21(25,26)27/h2-8H,1H3,(H,29,31). The predicted octanol–water partition coefficient (Wildman–Crippen LogP) is 4.94. The van der Waals surface area contributed by atoms with Crippen LogP contribution in [0.5, 0.6) is 5.75 Å². The maximum atomic E-state index is 13.2. The lowest BCUT2D eigenvalue weighted by Gasteiger charge is -2.16. The van der Waals surface area contributed by atoms with Gasteiger partial charge >= 0.3 is 22.5 Å². The molecule has 0 fully saturated rings. The highest BCUT2D eigenvalue weighted by Crippen LogP contribution is 2.39. The third kappa shape index (κ3) is 5.72. The van der Waals surface area contributed by atoms with Gasteiger partial charge in [0.2, 0.25) is 0 Å². The largest absolute Gasteiger partial charge is 0.416 e. The molecule has 0 amide bonds. The molecule has 0 bridgehead atoms. The molecule has 1 N–H and O–H groups in total. The molecule has 0 saturated carbocycles. The Morgan fingerprint density at radius 3 is 2.03 bits per heavy atom. The van der Waals surface area contributed by atoms with Gasteiger partial charge in [-0.05, 0) is 37.3 Å². The van der Waals surface area contributed by atoms with Gasteiger partial charge in [-0.1, -0.05) is 0 Å². The smallest absolute Gasteiger partial charge is 0.378 e. The van der Waals surface area contributed by atoms with E-state index in [0.717, 1.165) is 18.2 Å². The molecule has 0 spiro atoms. The van der Waals surface area contributed by atoms with Gasteiger partial charge in [0.15, 0.2) is 5.75 Å². The topological polar surface area (TPSA) is 143 Å². The van der Waals surface area contributed by atoms with E-state index in [4.69, 9.17) is 4.18 Å². The number of halogens is 6. The van der Waals surface area contributed by atoms with Crippen LogP contribution in [0.15, 0.2) is 52.2 Å². The summed E-state index contributed by atoms with van der Waals surface area (Å²) < 4.78 is 110. The number of hydrogen-bond donors (Lipinski definition) is 1. The predicted molar refractivity (Wildman–Crippen MR) is 113 cm³/mol. The van der Waals surface area contributed by atoms with Crippen LogP contribution in [0, 0.1) is 28.4 Å². The minimum Gasteiger partial charge on any atom is -0.378 e. The Morgan fingerprint density at radius 2 is 1.54 bits per heavy atom. The Morgan fingerprint density at radius 1 is 0.973 bits per heavy atom. The van der Waals surface area contributed by atoms with E-state index >= 15 is 0 Å². The first-order chi connectivity index (χ1) is 16.9. The average Bonchev–Trinajstić information content (AvgIpc) is 2.77. The average molecular weight is 547 g/mol. The monoisotopic (exact) mass is 547 g/mol. The molecule has 0 atom stereocenters. The van der Waals surface area contributed by atoms with Crippen molar-refractivity contribution in [2.45, 2.75) is 24.2 Å². The van der Waals surface area contributed by atoms with Crippen LogP contribution >= 0.6 is 0 Å². The van der Waals surface area contributed by atoms with Gasteiger partial charge in [-0.3, -0.25) is 14.9 Å². The van der Waals surface area contributed by atoms with E-state index in [1.807, 2.05) is 0 Å². The summed E-state index contributed by atoms with van der Waals surface area (Å²) in [4.78, 5) is 23.3. The number of nitrogens with one attached hydrogen (secondary N) is 1. The van der Waals surface area contributed by atoms with Gasteiger partial charge < -0.3 is 9.17 Å². The molecular formula is C21H11F6N3O6S. The van der Waals surface area contributed by atoms with Crippen molar-refractivity contribution in [2.75, 3.05) is 0 Å². The molecule has 0 aliphatic rings. The molecule has 0 aliphatic heterocycles. The maximum Gasteiger partial charge on any atom is 0.416 e. The highest BCUT2D eigenvalue weighted by molar-refractivity contribution is 7.87. The number of nitriles is 1. The molecule has 2 aromatic carbocycles. The summed E-state index contributed by atoms with van der Waals surface area (Å²) in [5.74, 6) is -0.807. The molecule has 0 saturated heterocycles. The van der Waals surface area contributed by atoms with E-state index in [-0.39, 0.29) is 29.5 Å².